The van der Waals surface area contributed by atoms with Crippen LogP contribution < -0.4 is 0 Å². The maximum atomic E-state index is 11.7. The Labute approximate surface area is 91.2 Å². The van der Waals surface area contributed by atoms with Gasteiger partial charge in [-0.15, -0.1) is 0 Å². The Balaban J connectivity index is 2.19. The van der Waals surface area contributed by atoms with Gasteiger partial charge in [-0.3, -0.25) is 4.79 Å². The van der Waals surface area contributed by atoms with Crippen LogP contribution in [0.2, 0.25) is 0 Å². The van der Waals surface area contributed by atoms with E-state index in [-0.39, 0.29) is 11.7 Å². The summed E-state index contributed by atoms with van der Waals surface area (Å²) in [6, 6.07) is 0. The van der Waals surface area contributed by atoms with Crippen molar-refractivity contribution in [2.24, 2.45) is 0 Å². The van der Waals surface area contributed by atoms with Gasteiger partial charge in [0.15, 0.2) is 0 Å². The molecular weight excluding hydrogens is 192 g/mol. The van der Waals surface area contributed by atoms with Crippen LogP contribution in [0.1, 0.15) is 26.2 Å². The van der Waals surface area contributed by atoms with E-state index in [2.05, 4.69) is 11.9 Å². The van der Waals surface area contributed by atoms with Gasteiger partial charge in [0.05, 0.1) is 0 Å². The van der Waals surface area contributed by atoms with Gasteiger partial charge >= 0.3 is 0 Å². The number of amides is 1. The molecule has 0 spiro atoms. The van der Waals surface area contributed by atoms with Crippen LogP contribution in [0.5, 0.6) is 0 Å². The molecule has 0 saturated carbocycles. The number of hydrogen-bond donors (Lipinski definition) is 0. The molecule has 0 bridgehead atoms. The van der Waals surface area contributed by atoms with Crippen molar-refractivity contribution < 1.29 is 9.59 Å². The van der Waals surface area contributed by atoms with Crippen molar-refractivity contribution in [2.45, 2.75) is 26.2 Å². The topological polar surface area (TPSA) is 40.6 Å². The summed E-state index contributed by atoms with van der Waals surface area (Å²) < 4.78 is 0. The monoisotopic (exact) mass is 212 g/mol. The van der Waals surface area contributed by atoms with E-state index in [1.54, 1.807) is 6.92 Å². The van der Waals surface area contributed by atoms with E-state index >= 15 is 0 Å². The second kappa shape index (κ2) is 5.85. The molecule has 1 saturated heterocycles. The molecule has 1 amide bonds. The molecule has 0 aromatic rings. The lowest BCUT2D eigenvalue weighted by Crippen LogP contribution is -2.47. The molecule has 0 aromatic carbocycles. The van der Waals surface area contributed by atoms with E-state index < -0.39 is 0 Å². The second-order valence-electron chi connectivity index (χ2n) is 4.24. The van der Waals surface area contributed by atoms with Crippen molar-refractivity contribution in [3.63, 3.8) is 0 Å². The molecule has 1 fully saturated rings. The van der Waals surface area contributed by atoms with Crippen LogP contribution in [0.3, 0.4) is 0 Å². The summed E-state index contributed by atoms with van der Waals surface area (Å²) in [7, 11) is 2.07. The van der Waals surface area contributed by atoms with Crippen molar-refractivity contribution in [3.05, 3.63) is 0 Å². The number of rotatable bonds is 4. The highest BCUT2D eigenvalue weighted by Gasteiger charge is 2.18. The Morgan fingerprint density at radius 3 is 2.20 bits per heavy atom. The number of ketones is 1. The van der Waals surface area contributed by atoms with Gasteiger partial charge in [-0.2, -0.15) is 0 Å². The third-order valence-corrected chi connectivity index (χ3v) is 2.78. The minimum Gasteiger partial charge on any atom is -0.340 e. The average Bonchev–Trinajstić information content (AvgIpc) is 2.18. The van der Waals surface area contributed by atoms with E-state index in [1.807, 2.05) is 4.90 Å². The summed E-state index contributed by atoms with van der Waals surface area (Å²) in [4.78, 5) is 26.5. The van der Waals surface area contributed by atoms with Crippen molar-refractivity contribution in [2.75, 3.05) is 33.2 Å². The van der Waals surface area contributed by atoms with Crippen molar-refractivity contribution in [1.82, 2.24) is 9.80 Å². The van der Waals surface area contributed by atoms with E-state index in [9.17, 15) is 9.59 Å². The van der Waals surface area contributed by atoms with Crippen LogP contribution in [0.25, 0.3) is 0 Å². The second-order valence-corrected chi connectivity index (χ2v) is 4.24. The van der Waals surface area contributed by atoms with Crippen LogP contribution in [0.15, 0.2) is 0 Å². The lowest BCUT2D eigenvalue weighted by molar-refractivity contribution is -0.132. The maximum Gasteiger partial charge on any atom is 0.222 e. The standard InChI is InChI=1S/C11H20N2O2/c1-10(14)4-3-5-11(15)13-8-6-12(2)7-9-13/h3-9H2,1-2H3. The fraction of sp³-hybridized carbons (Fsp3) is 0.818. The van der Waals surface area contributed by atoms with Gasteiger partial charge in [0, 0.05) is 39.0 Å². The molecular formula is C11H20N2O2. The van der Waals surface area contributed by atoms with Crippen LogP contribution >= 0.6 is 0 Å². The lowest BCUT2D eigenvalue weighted by atomic mass is 10.1. The highest BCUT2D eigenvalue weighted by molar-refractivity contribution is 5.78. The Hall–Kier alpha value is -0.900. The third kappa shape index (κ3) is 4.42. The van der Waals surface area contributed by atoms with Crippen molar-refractivity contribution in [1.29, 1.82) is 0 Å². The molecule has 0 radical (unpaired) electrons. The summed E-state index contributed by atoms with van der Waals surface area (Å²) in [6.45, 7) is 5.14. The Morgan fingerprint density at radius 1 is 1.07 bits per heavy atom. The zero-order valence-electron chi connectivity index (χ0n) is 9.66. The van der Waals surface area contributed by atoms with Crippen molar-refractivity contribution >= 4 is 11.7 Å². The zero-order valence-corrected chi connectivity index (χ0v) is 9.66. The molecule has 0 N–H and O–H groups in total. The van der Waals surface area contributed by atoms with Gasteiger partial charge in [-0.25, -0.2) is 0 Å². The SMILES string of the molecule is CC(=O)CCCC(=O)N1CCN(C)CC1. The van der Waals surface area contributed by atoms with Crippen LogP contribution in [0.4, 0.5) is 0 Å². The largest absolute Gasteiger partial charge is 0.340 e. The highest BCUT2D eigenvalue weighted by Crippen LogP contribution is 2.05. The molecule has 0 aromatic heterocycles. The third-order valence-electron chi connectivity index (χ3n) is 2.78. The predicted molar refractivity (Wildman–Crippen MR) is 58.6 cm³/mol. The van der Waals surface area contributed by atoms with Gasteiger partial charge in [-0.05, 0) is 20.4 Å². The number of carbonyl (C=O) groups is 2. The number of nitrogens with zero attached hydrogens (tertiary/aromatic N) is 2. The predicted octanol–water partition coefficient (Wildman–Crippen LogP) is 0.520. The normalized spacial score (nSPS) is 17.9. The van der Waals surface area contributed by atoms with E-state index in [0.717, 1.165) is 26.2 Å². The maximum absolute atomic E-state index is 11.7. The molecule has 1 aliphatic heterocycles. The number of hydrogen-bond acceptors (Lipinski definition) is 3. The van der Waals surface area contributed by atoms with Crippen LogP contribution in [-0.2, 0) is 9.59 Å². The van der Waals surface area contributed by atoms with E-state index in [1.165, 1.54) is 0 Å². The highest BCUT2D eigenvalue weighted by atomic mass is 16.2. The average molecular weight is 212 g/mol. The van der Waals surface area contributed by atoms with Gasteiger partial charge < -0.3 is 14.6 Å². The minimum atomic E-state index is 0.168. The molecule has 4 heteroatoms. The first kappa shape index (κ1) is 12.2. The van der Waals surface area contributed by atoms with E-state index in [0.29, 0.717) is 19.3 Å². The minimum absolute atomic E-state index is 0.168. The van der Waals surface area contributed by atoms with Crippen LogP contribution in [-0.4, -0.2) is 54.7 Å². The summed E-state index contributed by atoms with van der Waals surface area (Å²) in [5.41, 5.74) is 0. The Kier molecular flexibility index (Phi) is 4.75. The fourth-order valence-corrected chi connectivity index (χ4v) is 1.70. The number of carbonyl (C=O) groups excluding carboxylic acids is 2. The molecule has 4 nitrogen and oxygen atoms in total. The molecule has 15 heavy (non-hydrogen) atoms. The Morgan fingerprint density at radius 2 is 1.67 bits per heavy atom. The van der Waals surface area contributed by atoms with Gasteiger partial charge in [-0.1, -0.05) is 0 Å². The van der Waals surface area contributed by atoms with Crippen molar-refractivity contribution in [3.8, 4) is 0 Å². The summed E-state index contributed by atoms with van der Waals surface area (Å²) in [5, 5.41) is 0. The van der Waals surface area contributed by atoms with Crippen LogP contribution in [0, 0.1) is 0 Å². The first-order valence-electron chi connectivity index (χ1n) is 5.55. The summed E-state index contributed by atoms with van der Waals surface area (Å²) >= 11 is 0. The molecule has 0 aliphatic carbocycles. The van der Waals surface area contributed by atoms with Gasteiger partial charge in [0.25, 0.3) is 0 Å². The number of piperazine rings is 1. The Bertz CT molecular complexity index is 233. The number of likely N-dealkylation sites (N-methyl/N-ethyl adjacent to an activating group) is 1. The lowest BCUT2D eigenvalue weighted by Gasteiger charge is -2.32. The van der Waals surface area contributed by atoms with E-state index in [4.69, 9.17) is 0 Å². The number of Topliss-reactive ketones (excluding diaryl/α,β-unsaturated/α-hetero) is 1. The zero-order chi connectivity index (χ0) is 11.3. The molecule has 1 aliphatic rings. The first-order chi connectivity index (χ1) is 7.09. The fourth-order valence-electron chi connectivity index (χ4n) is 1.70. The molecule has 0 unspecified atom stereocenters. The first-order valence-corrected chi connectivity index (χ1v) is 5.55. The van der Waals surface area contributed by atoms with Gasteiger partial charge in [0.1, 0.15) is 5.78 Å². The molecule has 86 valence electrons. The quantitative estimate of drug-likeness (QED) is 0.682. The summed E-state index contributed by atoms with van der Waals surface area (Å²) in [5.74, 6) is 0.366. The molecule has 1 rings (SSSR count). The smallest absolute Gasteiger partial charge is 0.222 e. The molecule has 0 atom stereocenters. The summed E-state index contributed by atoms with van der Waals surface area (Å²) in [6.07, 6.45) is 1.74. The van der Waals surface area contributed by atoms with Gasteiger partial charge in [0.2, 0.25) is 5.91 Å². The molecule has 1 heterocycles.